The van der Waals surface area contributed by atoms with Crippen LogP contribution in [0.4, 0.5) is 18.9 Å². The molecule has 0 saturated heterocycles. The third-order valence-electron chi connectivity index (χ3n) is 3.01. The predicted molar refractivity (Wildman–Crippen MR) is 87.8 cm³/mol. The molecule has 0 aromatic heterocycles. The Morgan fingerprint density at radius 2 is 1.88 bits per heavy atom. The molecule has 24 heavy (non-hydrogen) atoms. The molecule has 2 aromatic carbocycles. The molecule has 1 N–H and O–H groups in total. The van der Waals surface area contributed by atoms with E-state index in [9.17, 15) is 18.0 Å². The Kier molecular flexibility index (Phi) is 5.42. The Morgan fingerprint density at radius 3 is 2.50 bits per heavy atom. The predicted octanol–water partition coefficient (Wildman–Crippen LogP) is 5.01. The maximum Gasteiger partial charge on any atom is 0.418 e. The number of amides is 1. The summed E-state index contributed by atoms with van der Waals surface area (Å²) in [5, 5.41) is 11.3. The summed E-state index contributed by atoms with van der Waals surface area (Å²) in [7, 11) is 0. The third kappa shape index (κ3) is 4.46. The maximum absolute atomic E-state index is 12.9. The van der Waals surface area contributed by atoms with Gasteiger partial charge in [-0.2, -0.15) is 18.4 Å². The molecule has 0 aliphatic rings. The second-order valence-corrected chi connectivity index (χ2v) is 5.64. The zero-order valence-corrected chi connectivity index (χ0v) is 13.6. The first-order valence-corrected chi connectivity index (χ1v) is 7.45. The number of benzene rings is 2. The number of nitrogens with zero attached hydrogens (tertiary/aromatic N) is 1. The number of hydrogen-bond donors (Lipinski definition) is 1. The van der Waals surface area contributed by atoms with E-state index < -0.39 is 23.3 Å². The highest BCUT2D eigenvalue weighted by Crippen LogP contribution is 2.34. The highest BCUT2D eigenvalue weighted by molar-refractivity contribution is 9.10. The molecule has 2 aromatic rings. The summed E-state index contributed by atoms with van der Waals surface area (Å²) in [6.07, 6.45) is -3.30. The quantitative estimate of drug-likeness (QED) is 0.587. The van der Waals surface area contributed by atoms with Crippen LogP contribution in [0.5, 0.6) is 0 Å². The molecule has 0 spiro atoms. The number of anilines is 1. The Labute approximate surface area is 144 Å². The minimum atomic E-state index is -4.61. The molecular weight excluding hydrogens is 385 g/mol. The van der Waals surface area contributed by atoms with E-state index >= 15 is 0 Å². The normalized spacial score (nSPS) is 11.7. The highest BCUT2D eigenvalue weighted by atomic mass is 79.9. The molecule has 0 aliphatic carbocycles. The van der Waals surface area contributed by atoms with Gasteiger partial charge in [-0.05, 0) is 35.9 Å². The van der Waals surface area contributed by atoms with Crippen LogP contribution in [0.1, 0.15) is 11.1 Å². The first-order valence-electron chi connectivity index (χ1n) is 6.66. The molecule has 0 radical (unpaired) electrons. The number of nitrogens with one attached hydrogen (secondary N) is 1. The molecule has 0 saturated carbocycles. The molecule has 0 fully saturated rings. The molecular formula is C17H10BrF3N2O. The van der Waals surface area contributed by atoms with Crippen LogP contribution in [0, 0.1) is 11.3 Å². The van der Waals surface area contributed by atoms with Gasteiger partial charge in [0.05, 0.1) is 11.3 Å². The lowest BCUT2D eigenvalue weighted by Gasteiger charge is -2.13. The van der Waals surface area contributed by atoms with Crippen molar-refractivity contribution in [2.24, 2.45) is 0 Å². The van der Waals surface area contributed by atoms with Crippen LogP contribution in [0.3, 0.4) is 0 Å². The van der Waals surface area contributed by atoms with Gasteiger partial charge < -0.3 is 5.32 Å². The fourth-order valence-electron chi connectivity index (χ4n) is 1.94. The molecule has 1 amide bonds. The van der Waals surface area contributed by atoms with Crippen molar-refractivity contribution in [2.75, 3.05) is 5.32 Å². The van der Waals surface area contributed by atoms with Crippen molar-refractivity contribution in [1.29, 1.82) is 5.26 Å². The smallest absolute Gasteiger partial charge is 0.321 e. The van der Waals surface area contributed by atoms with E-state index in [1.165, 1.54) is 18.2 Å². The van der Waals surface area contributed by atoms with Gasteiger partial charge in [-0.1, -0.05) is 40.2 Å². The van der Waals surface area contributed by atoms with E-state index in [0.29, 0.717) is 5.56 Å². The van der Waals surface area contributed by atoms with E-state index in [0.717, 1.165) is 16.6 Å². The Bertz CT molecular complexity index is 838. The number of rotatable bonds is 3. The van der Waals surface area contributed by atoms with E-state index in [1.807, 2.05) is 0 Å². The van der Waals surface area contributed by atoms with Gasteiger partial charge >= 0.3 is 6.18 Å². The van der Waals surface area contributed by atoms with Crippen LogP contribution < -0.4 is 5.32 Å². The monoisotopic (exact) mass is 394 g/mol. The van der Waals surface area contributed by atoms with Crippen LogP contribution in [0.2, 0.25) is 0 Å². The van der Waals surface area contributed by atoms with E-state index in [4.69, 9.17) is 5.26 Å². The zero-order valence-electron chi connectivity index (χ0n) is 12.1. The number of alkyl halides is 3. The summed E-state index contributed by atoms with van der Waals surface area (Å²) in [6.45, 7) is 0. The molecule has 3 nitrogen and oxygen atoms in total. The topological polar surface area (TPSA) is 52.9 Å². The molecule has 0 aliphatic heterocycles. The summed E-state index contributed by atoms with van der Waals surface area (Å²) in [5.41, 5.74) is -1.10. The number of halogens is 4. The van der Waals surface area contributed by atoms with Crippen LogP contribution in [-0.2, 0) is 11.0 Å². The summed E-state index contributed by atoms with van der Waals surface area (Å²) < 4.78 is 39.6. The SMILES string of the molecule is N#C/C(=C\c1cccc(Br)c1)C(=O)Nc1ccccc1C(F)(F)F. The first kappa shape index (κ1) is 17.8. The molecule has 0 unspecified atom stereocenters. The average molecular weight is 395 g/mol. The molecule has 7 heteroatoms. The Hall–Kier alpha value is -2.59. The van der Waals surface area contributed by atoms with Crippen molar-refractivity contribution < 1.29 is 18.0 Å². The molecule has 2 rings (SSSR count). The van der Waals surface area contributed by atoms with Crippen molar-refractivity contribution in [3.63, 3.8) is 0 Å². The van der Waals surface area contributed by atoms with Gasteiger partial charge in [0.1, 0.15) is 11.6 Å². The van der Waals surface area contributed by atoms with E-state index in [-0.39, 0.29) is 5.57 Å². The molecule has 122 valence electrons. The number of para-hydroxylation sites is 1. The molecule has 0 atom stereocenters. The number of nitriles is 1. The summed E-state index contributed by atoms with van der Waals surface area (Å²) in [4.78, 5) is 12.1. The Balaban J connectivity index is 2.31. The van der Waals surface area contributed by atoms with Crippen molar-refractivity contribution in [3.8, 4) is 6.07 Å². The molecule has 0 bridgehead atoms. The van der Waals surface area contributed by atoms with Gasteiger partial charge in [-0.3, -0.25) is 4.79 Å². The molecule has 0 heterocycles. The van der Waals surface area contributed by atoms with Gasteiger partial charge in [-0.25, -0.2) is 0 Å². The standard InChI is InChI=1S/C17H10BrF3N2O/c18-13-5-3-4-11(9-13)8-12(10-22)16(24)23-15-7-2-1-6-14(15)17(19,20)21/h1-9H,(H,23,24)/b12-8+. The summed E-state index contributed by atoms with van der Waals surface area (Å²) >= 11 is 3.26. The van der Waals surface area contributed by atoms with Gasteiger partial charge in [-0.15, -0.1) is 0 Å². The minimum absolute atomic E-state index is 0.301. The third-order valence-corrected chi connectivity index (χ3v) is 3.50. The number of carbonyl (C=O) groups excluding carboxylic acids is 1. The first-order chi connectivity index (χ1) is 11.3. The lowest BCUT2D eigenvalue weighted by molar-refractivity contribution is -0.136. The lowest BCUT2D eigenvalue weighted by atomic mass is 10.1. The summed E-state index contributed by atoms with van der Waals surface area (Å²) in [5.74, 6) is -0.908. The van der Waals surface area contributed by atoms with Crippen molar-refractivity contribution >= 4 is 33.6 Å². The van der Waals surface area contributed by atoms with Crippen LogP contribution in [0.25, 0.3) is 6.08 Å². The fraction of sp³-hybridized carbons (Fsp3) is 0.0588. The van der Waals surface area contributed by atoms with Gasteiger partial charge in [0.15, 0.2) is 0 Å². The maximum atomic E-state index is 12.9. The zero-order chi connectivity index (χ0) is 17.7. The van der Waals surface area contributed by atoms with Crippen LogP contribution >= 0.6 is 15.9 Å². The van der Waals surface area contributed by atoms with Crippen LogP contribution in [-0.4, -0.2) is 5.91 Å². The minimum Gasteiger partial charge on any atom is -0.321 e. The summed E-state index contributed by atoms with van der Waals surface area (Å²) in [6, 6.07) is 13.1. The number of carbonyl (C=O) groups is 1. The van der Waals surface area contributed by atoms with Crippen molar-refractivity contribution in [2.45, 2.75) is 6.18 Å². The van der Waals surface area contributed by atoms with Gasteiger partial charge in [0, 0.05) is 4.47 Å². The largest absolute Gasteiger partial charge is 0.418 e. The van der Waals surface area contributed by atoms with E-state index in [2.05, 4.69) is 21.2 Å². The fourth-order valence-corrected chi connectivity index (χ4v) is 2.36. The number of hydrogen-bond acceptors (Lipinski definition) is 2. The van der Waals surface area contributed by atoms with Gasteiger partial charge in [0.2, 0.25) is 0 Å². The van der Waals surface area contributed by atoms with Crippen molar-refractivity contribution in [3.05, 3.63) is 69.7 Å². The van der Waals surface area contributed by atoms with Crippen molar-refractivity contribution in [1.82, 2.24) is 0 Å². The average Bonchev–Trinajstić information content (AvgIpc) is 2.52. The van der Waals surface area contributed by atoms with Gasteiger partial charge in [0.25, 0.3) is 5.91 Å². The highest BCUT2D eigenvalue weighted by Gasteiger charge is 2.33. The second-order valence-electron chi connectivity index (χ2n) is 4.72. The Morgan fingerprint density at radius 1 is 1.17 bits per heavy atom. The lowest BCUT2D eigenvalue weighted by Crippen LogP contribution is -2.17. The second kappa shape index (κ2) is 7.32. The van der Waals surface area contributed by atoms with E-state index in [1.54, 1.807) is 30.3 Å². The van der Waals surface area contributed by atoms with Crippen LogP contribution in [0.15, 0.2) is 58.6 Å².